The van der Waals surface area contributed by atoms with E-state index >= 15 is 0 Å². The Morgan fingerprint density at radius 3 is 2.74 bits per heavy atom. The first kappa shape index (κ1) is 17.1. The number of sulfonamides is 1. The number of thiazole rings is 1. The summed E-state index contributed by atoms with van der Waals surface area (Å²) in [5, 5.41) is 3.21. The Kier molecular flexibility index (Phi) is 5.20. The van der Waals surface area contributed by atoms with Crippen molar-refractivity contribution < 1.29 is 8.42 Å². The highest BCUT2D eigenvalue weighted by atomic mass is 79.9. The molecule has 0 spiro atoms. The summed E-state index contributed by atoms with van der Waals surface area (Å²) in [6.07, 6.45) is 1.70. The van der Waals surface area contributed by atoms with Crippen LogP contribution in [0.2, 0.25) is 0 Å². The average molecular weight is 415 g/mol. The summed E-state index contributed by atoms with van der Waals surface area (Å²) in [6, 6.07) is 8.13. The highest BCUT2D eigenvalue weighted by molar-refractivity contribution is 9.10. The monoisotopic (exact) mass is 414 g/mol. The first-order chi connectivity index (χ1) is 11.0. The van der Waals surface area contributed by atoms with Crippen LogP contribution in [0.3, 0.4) is 0 Å². The molecule has 0 radical (unpaired) electrons. The second-order valence-corrected chi connectivity index (χ2v) is 9.72. The summed E-state index contributed by atoms with van der Waals surface area (Å²) in [5.74, 6) is 0.548. The molecule has 1 aliphatic heterocycles. The zero-order valence-electron chi connectivity index (χ0n) is 12.9. The van der Waals surface area contributed by atoms with Gasteiger partial charge < -0.3 is 0 Å². The lowest BCUT2D eigenvalue weighted by Gasteiger charge is -2.29. The predicted octanol–water partition coefficient (Wildman–Crippen LogP) is 4.10. The summed E-state index contributed by atoms with van der Waals surface area (Å²) < 4.78 is 26.5. The average Bonchev–Trinajstić information content (AvgIpc) is 3.05. The first-order valence-corrected chi connectivity index (χ1v) is 11.0. The smallest absolute Gasteiger partial charge is 0.213 e. The van der Waals surface area contributed by atoms with Gasteiger partial charge in [-0.15, -0.1) is 11.3 Å². The van der Waals surface area contributed by atoms with E-state index in [1.807, 2.05) is 12.1 Å². The number of benzene rings is 1. The zero-order valence-corrected chi connectivity index (χ0v) is 16.1. The van der Waals surface area contributed by atoms with Crippen LogP contribution in [0.15, 0.2) is 34.1 Å². The van der Waals surface area contributed by atoms with Crippen molar-refractivity contribution in [2.75, 3.05) is 18.8 Å². The van der Waals surface area contributed by atoms with E-state index in [2.05, 4.69) is 33.4 Å². The normalized spacial score (nSPS) is 17.5. The number of halogens is 1. The van der Waals surface area contributed by atoms with Crippen molar-refractivity contribution in [1.29, 1.82) is 0 Å². The molecule has 23 heavy (non-hydrogen) atoms. The molecule has 0 N–H and O–H groups in total. The third-order valence-corrected chi connectivity index (χ3v) is 7.59. The van der Waals surface area contributed by atoms with Crippen LogP contribution >= 0.6 is 27.3 Å². The summed E-state index contributed by atoms with van der Waals surface area (Å²) in [7, 11) is -3.06. The predicted molar refractivity (Wildman–Crippen MR) is 98.3 cm³/mol. The fourth-order valence-corrected chi connectivity index (χ4v) is 5.35. The molecule has 0 bridgehead atoms. The summed E-state index contributed by atoms with van der Waals surface area (Å²) in [4.78, 5) is 4.78. The van der Waals surface area contributed by atoms with Crippen LogP contribution in [0.5, 0.6) is 0 Å². The van der Waals surface area contributed by atoms with Gasteiger partial charge in [0.2, 0.25) is 10.0 Å². The van der Waals surface area contributed by atoms with E-state index in [0.29, 0.717) is 19.0 Å². The van der Waals surface area contributed by atoms with E-state index in [-0.39, 0.29) is 5.75 Å². The van der Waals surface area contributed by atoms with Gasteiger partial charge in [-0.25, -0.2) is 17.7 Å². The van der Waals surface area contributed by atoms with E-state index in [1.165, 1.54) is 0 Å². The van der Waals surface area contributed by atoms with E-state index in [9.17, 15) is 8.42 Å². The maximum Gasteiger partial charge on any atom is 0.213 e. The van der Waals surface area contributed by atoms with E-state index in [1.54, 1.807) is 22.6 Å². The number of hydrogen-bond acceptors (Lipinski definition) is 4. The molecule has 0 amide bonds. The van der Waals surface area contributed by atoms with Gasteiger partial charge in [0.25, 0.3) is 0 Å². The molecule has 2 aromatic rings. The Morgan fingerprint density at radius 2 is 2.09 bits per heavy atom. The molecule has 1 aliphatic rings. The quantitative estimate of drug-likeness (QED) is 0.756. The minimum Gasteiger partial charge on any atom is -0.241 e. The molecule has 124 valence electrons. The van der Waals surface area contributed by atoms with E-state index in [4.69, 9.17) is 4.98 Å². The lowest BCUT2D eigenvalue weighted by Crippen LogP contribution is -2.38. The summed E-state index contributed by atoms with van der Waals surface area (Å²) >= 11 is 5.16. The fourth-order valence-electron chi connectivity index (χ4n) is 2.82. The summed E-state index contributed by atoms with van der Waals surface area (Å²) in [6.45, 7) is 2.91. The van der Waals surface area contributed by atoms with Crippen molar-refractivity contribution in [3.05, 3.63) is 39.1 Å². The molecule has 1 fully saturated rings. The number of piperidine rings is 1. The molecular formula is C16H19BrN2O2S2. The van der Waals surface area contributed by atoms with Crippen LogP contribution in [-0.4, -0.2) is 36.5 Å². The van der Waals surface area contributed by atoms with Crippen molar-refractivity contribution >= 4 is 37.3 Å². The van der Waals surface area contributed by atoms with Crippen molar-refractivity contribution in [2.45, 2.75) is 25.7 Å². The fraction of sp³-hybridized carbons (Fsp3) is 0.438. The Hall–Kier alpha value is -0.760. The van der Waals surface area contributed by atoms with Gasteiger partial charge in [-0.05, 0) is 31.9 Å². The van der Waals surface area contributed by atoms with Gasteiger partial charge in [0.15, 0.2) is 0 Å². The van der Waals surface area contributed by atoms with Crippen molar-refractivity contribution in [3.8, 4) is 11.3 Å². The number of hydrogen-bond donors (Lipinski definition) is 0. The topological polar surface area (TPSA) is 50.3 Å². The summed E-state index contributed by atoms with van der Waals surface area (Å²) in [5.41, 5.74) is 2.10. The van der Waals surface area contributed by atoms with Gasteiger partial charge in [0, 0.05) is 34.4 Å². The second-order valence-electron chi connectivity index (χ2n) is 5.66. The second kappa shape index (κ2) is 7.01. The van der Waals surface area contributed by atoms with Crippen LogP contribution in [0.1, 0.15) is 30.7 Å². The van der Waals surface area contributed by atoms with Crippen LogP contribution in [0.25, 0.3) is 11.3 Å². The van der Waals surface area contributed by atoms with Crippen LogP contribution in [-0.2, 0) is 10.0 Å². The molecule has 4 nitrogen and oxygen atoms in total. The Balaban J connectivity index is 1.71. The molecular weight excluding hydrogens is 396 g/mol. The van der Waals surface area contributed by atoms with E-state index in [0.717, 1.165) is 33.6 Å². The lowest BCUT2D eigenvalue weighted by atomic mass is 9.99. The van der Waals surface area contributed by atoms with Gasteiger partial charge >= 0.3 is 0 Å². The minimum atomic E-state index is -3.06. The number of nitrogens with zero attached hydrogens (tertiary/aromatic N) is 2. The third-order valence-electron chi connectivity index (χ3n) is 4.20. The van der Waals surface area contributed by atoms with Crippen molar-refractivity contribution in [2.24, 2.45) is 0 Å². The zero-order chi connectivity index (χ0) is 16.4. The molecule has 0 unspecified atom stereocenters. The molecule has 0 saturated carbocycles. The Labute approximate surface area is 149 Å². The highest BCUT2D eigenvalue weighted by Gasteiger charge is 2.28. The number of aromatic nitrogens is 1. The van der Waals surface area contributed by atoms with Crippen LogP contribution in [0.4, 0.5) is 0 Å². The number of rotatable bonds is 4. The van der Waals surface area contributed by atoms with Gasteiger partial charge in [-0.2, -0.15) is 0 Å². The maximum absolute atomic E-state index is 11.9. The Morgan fingerprint density at radius 1 is 1.35 bits per heavy atom. The van der Waals surface area contributed by atoms with Crippen LogP contribution < -0.4 is 0 Å². The molecule has 1 saturated heterocycles. The minimum absolute atomic E-state index is 0.182. The molecule has 2 heterocycles. The third kappa shape index (κ3) is 3.84. The highest BCUT2D eigenvalue weighted by Crippen LogP contribution is 2.34. The van der Waals surface area contributed by atoms with Crippen molar-refractivity contribution in [1.82, 2.24) is 9.29 Å². The van der Waals surface area contributed by atoms with Gasteiger partial charge in [-0.3, -0.25) is 0 Å². The molecule has 3 rings (SSSR count). The lowest BCUT2D eigenvalue weighted by molar-refractivity contribution is 0.319. The van der Waals surface area contributed by atoms with Gasteiger partial charge in [0.05, 0.1) is 16.5 Å². The largest absolute Gasteiger partial charge is 0.241 e. The van der Waals surface area contributed by atoms with E-state index < -0.39 is 10.0 Å². The molecule has 1 aromatic carbocycles. The molecule has 7 heteroatoms. The van der Waals surface area contributed by atoms with Crippen molar-refractivity contribution in [3.63, 3.8) is 0 Å². The standard InChI is InChI=1S/C16H19BrN2O2S2/c1-2-23(20,21)19-8-6-12(7-9-19)16-18-15(11-22-16)13-4-3-5-14(17)10-13/h3-5,10-12H,2,6-9H2,1H3. The van der Waals surface area contributed by atoms with Crippen LogP contribution in [0, 0.1) is 0 Å². The van der Waals surface area contributed by atoms with Gasteiger partial charge in [-0.1, -0.05) is 28.1 Å². The van der Waals surface area contributed by atoms with Gasteiger partial charge in [0.1, 0.15) is 0 Å². The SMILES string of the molecule is CCS(=O)(=O)N1CCC(c2nc(-c3cccc(Br)c3)cs2)CC1. The molecule has 0 atom stereocenters. The Bertz CT molecular complexity index is 781. The molecule has 0 aliphatic carbocycles. The molecule has 1 aromatic heterocycles. The first-order valence-electron chi connectivity index (χ1n) is 7.69. The maximum atomic E-state index is 11.9.